The Morgan fingerprint density at radius 2 is 1.74 bits per heavy atom. The molecular formula is C20H29NO6. The van der Waals surface area contributed by atoms with Crippen LogP contribution in [0.4, 0.5) is 0 Å². The molecular weight excluding hydrogens is 350 g/mol. The smallest absolute Gasteiger partial charge is 0.338 e. The van der Waals surface area contributed by atoms with E-state index in [4.69, 9.17) is 14.2 Å². The van der Waals surface area contributed by atoms with Crippen LogP contribution in [0.25, 0.3) is 0 Å². The quantitative estimate of drug-likeness (QED) is 0.656. The maximum absolute atomic E-state index is 11.7. The maximum atomic E-state index is 11.7. The summed E-state index contributed by atoms with van der Waals surface area (Å²) in [6.07, 6.45) is 0.873. The number of aliphatic hydroxyl groups is 1. The zero-order chi connectivity index (χ0) is 19.6. The highest BCUT2D eigenvalue weighted by molar-refractivity contribution is 5.89. The lowest BCUT2D eigenvalue weighted by Crippen LogP contribution is -2.42. The number of esters is 2. The van der Waals surface area contributed by atoms with Crippen LogP contribution in [0.5, 0.6) is 5.75 Å². The van der Waals surface area contributed by atoms with Crippen molar-refractivity contribution < 1.29 is 28.9 Å². The number of likely N-dealkylation sites (tertiary alicyclic amines) is 1. The third-order valence-electron chi connectivity index (χ3n) is 4.48. The van der Waals surface area contributed by atoms with Crippen molar-refractivity contribution in [3.8, 4) is 5.75 Å². The second kappa shape index (κ2) is 10.9. The summed E-state index contributed by atoms with van der Waals surface area (Å²) >= 11 is 0. The van der Waals surface area contributed by atoms with Crippen LogP contribution in [0.1, 0.15) is 37.0 Å². The van der Waals surface area contributed by atoms with Crippen molar-refractivity contribution in [2.24, 2.45) is 5.92 Å². The fourth-order valence-corrected chi connectivity index (χ4v) is 3.06. The van der Waals surface area contributed by atoms with E-state index in [-0.39, 0.29) is 24.5 Å². The highest BCUT2D eigenvalue weighted by Crippen LogP contribution is 2.19. The number of benzene rings is 1. The largest absolute Gasteiger partial charge is 0.491 e. The second-order valence-electron chi connectivity index (χ2n) is 6.54. The number of hydrogen-bond acceptors (Lipinski definition) is 7. The average Bonchev–Trinajstić information content (AvgIpc) is 2.68. The molecule has 0 aromatic heterocycles. The predicted molar refractivity (Wildman–Crippen MR) is 99.7 cm³/mol. The van der Waals surface area contributed by atoms with Gasteiger partial charge in [-0.3, -0.25) is 4.79 Å². The maximum Gasteiger partial charge on any atom is 0.338 e. The van der Waals surface area contributed by atoms with Gasteiger partial charge >= 0.3 is 11.9 Å². The zero-order valence-corrected chi connectivity index (χ0v) is 16.1. The summed E-state index contributed by atoms with van der Waals surface area (Å²) < 4.78 is 15.6. The number of aliphatic hydroxyl groups excluding tert-OH is 1. The number of ether oxygens (including phenoxy) is 3. The molecule has 0 aliphatic carbocycles. The van der Waals surface area contributed by atoms with E-state index < -0.39 is 6.10 Å². The number of nitrogens with zero attached hydrogens (tertiary/aromatic N) is 1. The minimum absolute atomic E-state index is 0.0347. The van der Waals surface area contributed by atoms with Gasteiger partial charge in [0.25, 0.3) is 0 Å². The van der Waals surface area contributed by atoms with E-state index in [1.807, 2.05) is 6.92 Å². The monoisotopic (exact) mass is 379 g/mol. The highest BCUT2D eigenvalue weighted by atomic mass is 16.5. The number of piperidine rings is 1. The van der Waals surface area contributed by atoms with Crippen molar-refractivity contribution in [3.63, 3.8) is 0 Å². The van der Waals surface area contributed by atoms with Crippen molar-refractivity contribution in [2.75, 3.05) is 39.5 Å². The Balaban J connectivity index is 1.70. The Labute approximate surface area is 160 Å². The van der Waals surface area contributed by atoms with E-state index >= 15 is 0 Å². The molecule has 1 heterocycles. The molecule has 1 fully saturated rings. The summed E-state index contributed by atoms with van der Waals surface area (Å²) in [4.78, 5) is 25.5. The molecule has 0 spiro atoms. The van der Waals surface area contributed by atoms with Crippen LogP contribution in [0.3, 0.4) is 0 Å². The number of β-amino-alcohol motifs (C(OH)–C–C–N with tert-alkyl or cyclic N) is 1. The van der Waals surface area contributed by atoms with Crippen LogP contribution >= 0.6 is 0 Å². The van der Waals surface area contributed by atoms with E-state index in [9.17, 15) is 14.7 Å². The number of carbonyl (C=O) groups excluding carboxylic acids is 2. The molecule has 0 radical (unpaired) electrons. The number of hydrogen-bond donors (Lipinski definition) is 1. The Morgan fingerprint density at radius 3 is 2.33 bits per heavy atom. The van der Waals surface area contributed by atoms with Crippen LogP contribution in [0, 0.1) is 5.92 Å². The van der Waals surface area contributed by atoms with Crippen molar-refractivity contribution in [2.45, 2.75) is 32.8 Å². The summed E-state index contributed by atoms with van der Waals surface area (Å²) in [5.74, 6) is 0.0678. The summed E-state index contributed by atoms with van der Waals surface area (Å²) in [5.41, 5.74) is 0.467. The standard InChI is InChI=1S/C20H29NO6/c1-3-25-19(23)15-5-7-18(8-6-15)27-14-17(22)13-21-11-9-16(10-12-21)20(24)26-4-2/h5-8,16-17,22H,3-4,9-14H2,1-2H3/t17-/m1/s1. The molecule has 27 heavy (non-hydrogen) atoms. The molecule has 1 aromatic carbocycles. The van der Waals surface area contributed by atoms with Gasteiger partial charge in [-0.05, 0) is 64.0 Å². The Hall–Kier alpha value is -2.12. The van der Waals surface area contributed by atoms with E-state index in [1.54, 1.807) is 31.2 Å². The summed E-state index contributed by atoms with van der Waals surface area (Å²) in [7, 11) is 0. The SMILES string of the molecule is CCOC(=O)c1ccc(OC[C@H](O)CN2CCC(C(=O)OCC)CC2)cc1. The molecule has 0 amide bonds. The van der Waals surface area contributed by atoms with E-state index in [2.05, 4.69) is 4.90 Å². The van der Waals surface area contributed by atoms with Crippen LogP contribution in [-0.2, 0) is 14.3 Å². The van der Waals surface area contributed by atoms with Crippen LogP contribution in [-0.4, -0.2) is 67.5 Å². The van der Waals surface area contributed by atoms with Gasteiger partial charge in [0, 0.05) is 6.54 Å². The van der Waals surface area contributed by atoms with Gasteiger partial charge in [0.1, 0.15) is 18.5 Å². The first-order chi connectivity index (χ1) is 13.0. The van der Waals surface area contributed by atoms with Gasteiger partial charge in [0.05, 0.1) is 24.7 Å². The zero-order valence-electron chi connectivity index (χ0n) is 16.1. The molecule has 0 saturated carbocycles. The normalized spacial score (nSPS) is 16.6. The van der Waals surface area contributed by atoms with Gasteiger partial charge in [0.2, 0.25) is 0 Å². The van der Waals surface area contributed by atoms with Gasteiger partial charge in [-0.1, -0.05) is 0 Å². The summed E-state index contributed by atoms with van der Waals surface area (Å²) in [6.45, 7) is 6.50. The van der Waals surface area contributed by atoms with Crippen LogP contribution < -0.4 is 4.74 Å². The molecule has 0 unspecified atom stereocenters. The van der Waals surface area contributed by atoms with Gasteiger partial charge in [-0.25, -0.2) is 4.79 Å². The molecule has 2 rings (SSSR count). The van der Waals surface area contributed by atoms with Crippen LogP contribution in [0.2, 0.25) is 0 Å². The molecule has 7 heteroatoms. The minimum Gasteiger partial charge on any atom is -0.491 e. The van der Waals surface area contributed by atoms with Crippen molar-refractivity contribution in [1.29, 1.82) is 0 Å². The van der Waals surface area contributed by atoms with Gasteiger partial charge in [-0.2, -0.15) is 0 Å². The van der Waals surface area contributed by atoms with E-state index in [0.717, 1.165) is 25.9 Å². The lowest BCUT2D eigenvalue weighted by molar-refractivity contribution is -0.149. The Bertz CT molecular complexity index is 595. The fraction of sp³-hybridized carbons (Fsp3) is 0.600. The molecule has 1 atom stereocenters. The minimum atomic E-state index is -0.631. The van der Waals surface area contributed by atoms with Gasteiger partial charge < -0.3 is 24.2 Å². The fourth-order valence-electron chi connectivity index (χ4n) is 3.06. The molecule has 7 nitrogen and oxygen atoms in total. The first-order valence-corrected chi connectivity index (χ1v) is 9.50. The van der Waals surface area contributed by atoms with Crippen molar-refractivity contribution >= 4 is 11.9 Å². The second-order valence-corrected chi connectivity index (χ2v) is 6.54. The van der Waals surface area contributed by atoms with Gasteiger partial charge in [-0.15, -0.1) is 0 Å². The number of rotatable bonds is 9. The molecule has 150 valence electrons. The first-order valence-electron chi connectivity index (χ1n) is 9.50. The van der Waals surface area contributed by atoms with Crippen molar-refractivity contribution in [3.05, 3.63) is 29.8 Å². The average molecular weight is 379 g/mol. The Morgan fingerprint density at radius 1 is 1.11 bits per heavy atom. The first kappa shape index (κ1) is 21.2. The summed E-state index contributed by atoms with van der Waals surface area (Å²) in [5, 5.41) is 10.2. The Kier molecular flexibility index (Phi) is 8.54. The molecule has 0 bridgehead atoms. The molecule has 1 aromatic rings. The van der Waals surface area contributed by atoms with E-state index in [1.165, 1.54) is 0 Å². The number of carbonyl (C=O) groups is 2. The lowest BCUT2D eigenvalue weighted by Gasteiger charge is -2.32. The van der Waals surface area contributed by atoms with Crippen molar-refractivity contribution in [1.82, 2.24) is 4.90 Å². The van der Waals surface area contributed by atoms with Crippen LogP contribution in [0.15, 0.2) is 24.3 Å². The molecule has 1 N–H and O–H groups in total. The predicted octanol–water partition coefficient (Wildman–Crippen LogP) is 1.88. The topological polar surface area (TPSA) is 85.3 Å². The lowest BCUT2D eigenvalue weighted by atomic mass is 9.97. The highest BCUT2D eigenvalue weighted by Gasteiger charge is 2.26. The molecule has 1 saturated heterocycles. The molecule has 1 aliphatic rings. The van der Waals surface area contributed by atoms with E-state index in [0.29, 0.717) is 31.1 Å². The summed E-state index contributed by atoms with van der Waals surface area (Å²) in [6, 6.07) is 6.65. The third kappa shape index (κ3) is 6.84. The molecule has 1 aliphatic heterocycles. The third-order valence-corrected chi connectivity index (χ3v) is 4.48. The van der Waals surface area contributed by atoms with Gasteiger partial charge in [0.15, 0.2) is 0 Å².